The average Bonchev–Trinajstić information content (AvgIpc) is 3.39. The highest BCUT2D eigenvalue weighted by Crippen LogP contribution is 2.29. The van der Waals surface area contributed by atoms with E-state index in [1.54, 1.807) is 35.2 Å². The number of aromatic nitrogens is 2. The predicted molar refractivity (Wildman–Crippen MR) is 103 cm³/mol. The van der Waals surface area contributed by atoms with Gasteiger partial charge in [0, 0.05) is 23.6 Å². The largest absolute Gasteiger partial charge is 0.459 e. The summed E-state index contributed by atoms with van der Waals surface area (Å²) in [6, 6.07) is 7.33. The van der Waals surface area contributed by atoms with Crippen LogP contribution >= 0.6 is 34.4 Å². The Balaban J connectivity index is 1.33. The first kappa shape index (κ1) is 18.6. The fourth-order valence-electron chi connectivity index (χ4n) is 1.97. The highest BCUT2D eigenvalue weighted by molar-refractivity contribution is 8.00. The van der Waals surface area contributed by atoms with Crippen LogP contribution in [0, 0.1) is 0 Å². The van der Waals surface area contributed by atoms with Crippen molar-refractivity contribution in [1.29, 1.82) is 0 Å². The topological polar surface area (TPSA) is 97.1 Å². The maximum absolute atomic E-state index is 11.9. The lowest BCUT2D eigenvalue weighted by Gasteiger charge is -2.03. The molecule has 0 saturated heterocycles. The van der Waals surface area contributed by atoms with Crippen molar-refractivity contribution in [3.8, 4) is 0 Å². The third-order valence-corrected chi connectivity index (χ3v) is 6.26. The maximum atomic E-state index is 11.9. The van der Waals surface area contributed by atoms with E-state index in [1.807, 2.05) is 11.4 Å². The molecule has 0 saturated carbocycles. The molecule has 3 aromatic rings. The zero-order valence-corrected chi connectivity index (χ0v) is 16.1. The molecule has 0 atom stereocenters. The lowest BCUT2D eigenvalue weighted by Crippen LogP contribution is -2.25. The summed E-state index contributed by atoms with van der Waals surface area (Å²) in [6.07, 6.45) is 2.25. The van der Waals surface area contributed by atoms with Gasteiger partial charge in [0.15, 0.2) is 10.1 Å². The zero-order chi connectivity index (χ0) is 18.2. The summed E-state index contributed by atoms with van der Waals surface area (Å²) in [5.41, 5.74) is 0. The molecule has 0 fully saturated rings. The van der Waals surface area contributed by atoms with E-state index in [-0.39, 0.29) is 24.0 Å². The summed E-state index contributed by atoms with van der Waals surface area (Å²) in [7, 11) is 0. The minimum atomic E-state index is -0.285. The minimum absolute atomic E-state index is 0.150. The Hall–Kier alpha value is -2.17. The van der Waals surface area contributed by atoms with Crippen LogP contribution in [0.2, 0.25) is 0 Å². The first-order chi connectivity index (χ1) is 12.7. The molecule has 0 unspecified atom stereocenters. The number of carbonyl (C=O) groups is 2. The Morgan fingerprint density at radius 2 is 2.15 bits per heavy atom. The van der Waals surface area contributed by atoms with E-state index in [4.69, 9.17) is 4.42 Å². The van der Waals surface area contributed by atoms with Crippen molar-refractivity contribution in [3.63, 3.8) is 0 Å². The van der Waals surface area contributed by atoms with Crippen LogP contribution in [0.25, 0.3) is 0 Å². The summed E-state index contributed by atoms with van der Waals surface area (Å²) >= 11 is 4.66. The highest BCUT2D eigenvalue weighted by Gasteiger charge is 2.10. The van der Waals surface area contributed by atoms with Crippen molar-refractivity contribution in [3.05, 3.63) is 46.5 Å². The summed E-state index contributed by atoms with van der Waals surface area (Å²) < 4.78 is 5.81. The smallest absolute Gasteiger partial charge is 0.286 e. The fraction of sp³-hybridized carbons (Fsp3) is 0.250. The van der Waals surface area contributed by atoms with Gasteiger partial charge < -0.3 is 15.1 Å². The van der Waals surface area contributed by atoms with Crippen LogP contribution in [0.4, 0.5) is 5.13 Å². The predicted octanol–water partition coefficient (Wildman–Crippen LogP) is 3.63. The van der Waals surface area contributed by atoms with E-state index in [0.717, 1.165) is 10.1 Å². The van der Waals surface area contributed by atoms with Crippen molar-refractivity contribution in [2.45, 2.75) is 22.9 Å². The number of amides is 2. The van der Waals surface area contributed by atoms with Crippen molar-refractivity contribution in [2.75, 3.05) is 11.9 Å². The molecule has 0 radical (unpaired) electrons. The molecule has 136 valence electrons. The van der Waals surface area contributed by atoms with Crippen LogP contribution in [0.15, 0.2) is 44.7 Å². The summed E-state index contributed by atoms with van der Waals surface area (Å²) in [6.45, 7) is 0.394. The molecule has 0 aliphatic rings. The van der Waals surface area contributed by atoms with Gasteiger partial charge in [-0.25, -0.2) is 0 Å². The van der Waals surface area contributed by atoms with E-state index in [2.05, 4.69) is 26.9 Å². The van der Waals surface area contributed by atoms with Crippen molar-refractivity contribution in [2.24, 2.45) is 0 Å². The molecule has 2 amide bonds. The normalized spacial score (nSPS) is 10.6. The zero-order valence-electron chi connectivity index (χ0n) is 13.6. The second-order valence-corrected chi connectivity index (χ2v) is 8.36. The van der Waals surface area contributed by atoms with Crippen LogP contribution in [-0.4, -0.2) is 28.6 Å². The second-order valence-electron chi connectivity index (χ2n) is 5.13. The number of hydrogen-bond acceptors (Lipinski definition) is 8. The van der Waals surface area contributed by atoms with Crippen molar-refractivity contribution < 1.29 is 14.0 Å². The molecule has 0 aliphatic heterocycles. The minimum Gasteiger partial charge on any atom is -0.459 e. The van der Waals surface area contributed by atoms with E-state index >= 15 is 0 Å². The lowest BCUT2D eigenvalue weighted by atomic mass is 10.3. The lowest BCUT2D eigenvalue weighted by molar-refractivity contribution is -0.116. The Morgan fingerprint density at radius 1 is 1.23 bits per heavy atom. The van der Waals surface area contributed by atoms with Gasteiger partial charge >= 0.3 is 0 Å². The molecule has 0 aromatic carbocycles. The van der Waals surface area contributed by atoms with Gasteiger partial charge in [-0.2, -0.15) is 0 Å². The second kappa shape index (κ2) is 9.51. The van der Waals surface area contributed by atoms with Gasteiger partial charge in [0.2, 0.25) is 11.0 Å². The van der Waals surface area contributed by atoms with E-state index in [0.29, 0.717) is 18.1 Å². The molecule has 3 aromatic heterocycles. The number of carbonyl (C=O) groups excluding carboxylic acids is 2. The van der Waals surface area contributed by atoms with Crippen LogP contribution in [-0.2, 0) is 10.5 Å². The molecular weight excluding hydrogens is 392 g/mol. The molecule has 0 aliphatic carbocycles. The molecule has 0 bridgehead atoms. The number of nitrogens with one attached hydrogen (secondary N) is 2. The molecule has 0 spiro atoms. The number of nitrogens with zero attached hydrogens (tertiary/aromatic N) is 2. The summed E-state index contributed by atoms with van der Waals surface area (Å²) in [5, 5.41) is 16.0. The number of thioether (sulfide) groups is 1. The standard InChI is InChI=1S/C16H16N4O3S3/c21-13(6-1-7-17-14(22)12-5-2-8-23-12)18-15-19-20-16(26-15)25-10-11-4-3-9-24-11/h2-5,8-9H,1,6-7,10H2,(H,17,22)(H,18,19,21). The quantitative estimate of drug-likeness (QED) is 0.319. The molecule has 3 heterocycles. The number of hydrogen-bond donors (Lipinski definition) is 2. The number of anilines is 1. The fourth-order valence-corrected chi connectivity index (χ4v) is 4.52. The average molecular weight is 409 g/mol. The molecule has 7 nitrogen and oxygen atoms in total. The van der Waals surface area contributed by atoms with Gasteiger partial charge in [-0.15, -0.1) is 21.5 Å². The van der Waals surface area contributed by atoms with Crippen LogP contribution in [0.5, 0.6) is 0 Å². The van der Waals surface area contributed by atoms with E-state index < -0.39 is 0 Å². The molecule has 10 heteroatoms. The third kappa shape index (κ3) is 5.68. The third-order valence-electron chi connectivity index (χ3n) is 3.18. The van der Waals surface area contributed by atoms with Crippen LogP contribution < -0.4 is 10.6 Å². The number of thiophene rings is 1. The van der Waals surface area contributed by atoms with E-state index in [1.165, 1.54) is 22.5 Å². The maximum Gasteiger partial charge on any atom is 0.286 e. The SMILES string of the molecule is O=C(CCCNC(=O)c1ccco1)Nc1nnc(SCc2cccs2)s1. The molecular formula is C16H16N4O3S3. The van der Waals surface area contributed by atoms with Crippen molar-refractivity contribution >= 4 is 51.4 Å². The number of furan rings is 1. The van der Waals surface area contributed by atoms with Crippen LogP contribution in [0.3, 0.4) is 0 Å². The first-order valence-electron chi connectivity index (χ1n) is 7.81. The van der Waals surface area contributed by atoms with Gasteiger partial charge in [0.1, 0.15) is 0 Å². The molecule has 26 heavy (non-hydrogen) atoms. The van der Waals surface area contributed by atoms with Crippen molar-refractivity contribution in [1.82, 2.24) is 15.5 Å². The highest BCUT2D eigenvalue weighted by atomic mass is 32.2. The monoisotopic (exact) mass is 408 g/mol. The summed E-state index contributed by atoms with van der Waals surface area (Å²) in [4.78, 5) is 24.9. The van der Waals surface area contributed by atoms with Gasteiger partial charge in [-0.05, 0) is 30.0 Å². The van der Waals surface area contributed by atoms with E-state index in [9.17, 15) is 9.59 Å². The van der Waals surface area contributed by atoms with Gasteiger partial charge in [-0.1, -0.05) is 29.2 Å². The Kier molecular flexibility index (Phi) is 6.81. The molecule has 2 N–H and O–H groups in total. The first-order valence-corrected chi connectivity index (χ1v) is 10.5. The molecule has 3 rings (SSSR count). The Labute approximate surface area is 162 Å². The Bertz CT molecular complexity index is 831. The number of rotatable bonds is 9. The summed E-state index contributed by atoms with van der Waals surface area (Å²) in [5.74, 6) is 0.668. The van der Waals surface area contributed by atoms with Gasteiger partial charge in [0.05, 0.1) is 6.26 Å². The van der Waals surface area contributed by atoms with Crippen LogP contribution in [0.1, 0.15) is 28.3 Å². The van der Waals surface area contributed by atoms with Gasteiger partial charge in [-0.3, -0.25) is 9.59 Å². The Morgan fingerprint density at radius 3 is 2.92 bits per heavy atom. The van der Waals surface area contributed by atoms with Gasteiger partial charge in [0.25, 0.3) is 5.91 Å².